The van der Waals surface area contributed by atoms with Gasteiger partial charge in [-0.3, -0.25) is 0 Å². The van der Waals surface area contributed by atoms with E-state index in [0.717, 1.165) is 39.1 Å². The fraction of sp³-hybridized carbons (Fsp3) is 1.00. The first-order valence-electron chi connectivity index (χ1n) is 6.18. The van der Waals surface area contributed by atoms with Gasteiger partial charge in [-0.15, -0.1) is 0 Å². The van der Waals surface area contributed by atoms with E-state index in [9.17, 15) is 0 Å². The molecule has 0 bridgehead atoms. The molecule has 0 aliphatic rings. The van der Waals surface area contributed by atoms with Crippen LogP contribution in [0, 0.1) is 11.8 Å². The molecule has 2 unspecified atom stereocenters. The van der Waals surface area contributed by atoms with Gasteiger partial charge in [0.15, 0.2) is 0 Å². The lowest BCUT2D eigenvalue weighted by atomic mass is 10.1. The van der Waals surface area contributed by atoms with E-state index in [2.05, 4.69) is 13.8 Å². The van der Waals surface area contributed by atoms with E-state index >= 15 is 0 Å². The average molecular weight is 216 g/mol. The van der Waals surface area contributed by atoms with Gasteiger partial charge in [-0.2, -0.15) is 0 Å². The third kappa shape index (κ3) is 10.2. The van der Waals surface area contributed by atoms with Gasteiger partial charge in [-0.25, -0.2) is 0 Å². The topological polar surface area (TPSA) is 61.3 Å². The molecule has 4 N–H and O–H groups in total. The Labute approximate surface area is 94.5 Å². The Morgan fingerprint density at radius 2 is 1.27 bits per heavy atom. The second kappa shape index (κ2) is 10.4. The first-order chi connectivity index (χ1) is 7.20. The van der Waals surface area contributed by atoms with Crippen molar-refractivity contribution >= 4 is 0 Å². The van der Waals surface area contributed by atoms with E-state index in [1.165, 1.54) is 12.8 Å². The van der Waals surface area contributed by atoms with Gasteiger partial charge < -0.3 is 16.2 Å². The Morgan fingerprint density at radius 1 is 0.867 bits per heavy atom. The van der Waals surface area contributed by atoms with E-state index in [4.69, 9.17) is 16.2 Å². The molecule has 92 valence electrons. The van der Waals surface area contributed by atoms with Crippen molar-refractivity contribution in [1.29, 1.82) is 0 Å². The van der Waals surface area contributed by atoms with E-state index < -0.39 is 0 Å². The molecule has 0 aromatic carbocycles. The smallest absolute Gasteiger partial charge is 0.0491 e. The highest BCUT2D eigenvalue weighted by Gasteiger charge is 2.04. The maximum atomic E-state index is 5.67. The van der Waals surface area contributed by atoms with Crippen LogP contribution in [0.2, 0.25) is 0 Å². The fourth-order valence-corrected chi connectivity index (χ4v) is 1.57. The molecular weight excluding hydrogens is 188 g/mol. The summed E-state index contributed by atoms with van der Waals surface area (Å²) < 4.78 is 5.67. The largest absolute Gasteiger partial charge is 0.381 e. The van der Waals surface area contributed by atoms with Crippen LogP contribution in [0.3, 0.4) is 0 Å². The van der Waals surface area contributed by atoms with Gasteiger partial charge in [0, 0.05) is 13.2 Å². The zero-order valence-corrected chi connectivity index (χ0v) is 10.4. The third-order valence-electron chi connectivity index (χ3n) is 2.61. The molecule has 2 atom stereocenters. The Morgan fingerprint density at radius 3 is 1.60 bits per heavy atom. The van der Waals surface area contributed by atoms with Gasteiger partial charge in [0.05, 0.1) is 0 Å². The quantitative estimate of drug-likeness (QED) is 0.585. The van der Waals surface area contributed by atoms with Gasteiger partial charge in [0.25, 0.3) is 0 Å². The Bertz CT molecular complexity index is 117. The molecule has 0 amide bonds. The molecule has 3 nitrogen and oxygen atoms in total. The van der Waals surface area contributed by atoms with Crippen molar-refractivity contribution in [2.24, 2.45) is 23.3 Å². The summed E-state index contributed by atoms with van der Waals surface area (Å²) in [6.07, 6.45) is 4.56. The van der Waals surface area contributed by atoms with E-state index in [0.29, 0.717) is 11.8 Å². The number of hydrogen-bond acceptors (Lipinski definition) is 3. The van der Waals surface area contributed by atoms with Gasteiger partial charge in [-0.1, -0.05) is 13.8 Å². The number of hydrogen-bond donors (Lipinski definition) is 2. The monoisotopic (exact) mass is 216 g/mol. The number of nitrogens with two attached hydrogens (primary N) is 2. The summed E-state index contributed by atoms with van der Waals surface area (Å²) in [5, 5.41) is 0. The van der Waals surface area contributed by atoms with Crippen molar-refractivity contribution in [3.63, 3.8) is 0 Å². The predicted molar refractivity (Wildman–Crippen MR) is 65.7 cm³/mol. The normalized spacial score (nSPS) is 15.2. The summed E-state index contributed by atoms with van der Waals surface area (Å²) in [4.78, 5) is 0. The molecule has 3 heteroatoms. The van der Waals surface area contributed by atoms with Gasteiger partial charge in [0.2, 0.25) is 0 Å². The number of ether oxygens (including phenoxy) is 1. The van der Waals surface area contributed by atoms with Crippen molar-refractivity contribution in [2.75, 3.05) is 26.3 Å². The van der Waals surface area contributed by atoms with E-state index in [1.54, 1.807) is 0 Å². The summed E-state index contributed by atoms with van der Waals surface area (Å²) in [7, 11) is 0. The minimum Gasteiger partial charge on any atom is -0.381 e. The summed E-state index contributed by atoms with van der Waals surface area (Å²) >= 11 is 0. The van der Waals surface area contributed by atoms with Crippen LogP contribution in [0.15, 0.2) is 0 Å². The maximum absolute atomic E-state index is 5.67. The first kappa shape index (κ1) is 14.9. The standard InChI is InChI=1S/C12H28N2O/c1-11(5-3-7-13)9-15-10-12(2)6-4-8-14/h11-12H,3-10,13-14H2,1-2H3. The van der Waals surface area contributed by atoms with Gasteiger partial charge in [-0.05, 0) is 50.6 Å². The van der Waals surface area contributed by atoms with Crippen LogP contribution in [-0.4, -0.2) is 26.3 Å². The highest BCUT2D eigenvalue weighted by Crippen LogP contribution is 2.08. The van der Waals surface area contributed by atoms with Gasteiger partial charge >= 0.3 is 0 Å². The van der Waals surface area contributed by atoms with Crippen molar-refractivity contribution in [1.82, 2.24) is 0 Å². The molecule has 0 aliphatic heterocycles. The van der Waals surface area contributed by atoms with Crippen LogP contribution in [0.5, 0.6) is 0 Å². The minimum atomic E-state index is 0.634. The molecule has 0 heterocycles. The third-order valence-corrected chi connectivity index (χ3v) is 2.61. The lowest BCUT2D eigenvalue weighted by Crippen LogP contribution is -2.13. The first-order valence-corrected chi connectivity index (χ1v) is 6.18. The average Bonchev–Trinajstić information content (AvgIpc) is 2.23. The highest BCUT2D eigenvalue weighted by molar-refractivity contribution is 4.55. The Hall–Kier alpha value is -0.120. The zero-order valence-electron chi connectivity index (χ0n) is 10.4. The van der Waals surface area contributed by atoms with Crippen LogP contribution in [0.25, 0.3) is 0 Å². The summed E-state index contributed by atoms with van der Waals surface area (Å²) in [6.45, 7) is 7.76. The molecule has 0 fully saturated rings. The van der Waals surface area contributed by atoms with Gasteiger partial charge in [0.1, 0.15) is 0 Å². The summed E-state index contributed by atoms with van der Waals surface area (Å²) in [5.74, 6) is 1.27. The molecule has 0 saturated heterocycles. The molecular formula is C12H28N2O. The van der Waals surface area contributed by atoms with Crippen LogP contribution < -0.4 is 11.5 Å². The lowest BCUT2D eigenvalue weighted by Gasteiger charge is -2.14. The Kier molecular flexibility index (Phi) is 10.3. The maximum Gasteiger partial charge on any atom is 0.0491 e. The second-order valence-corrected chi connectivity index (χ2v) is 4.61. The zero-order chi connectivity index (χ0) is 11.5. The molecule has 0 saturated carbocycles. The van der Waals surface area contributed by atoms with Crippen molar-refractivity contribution in [3.8, 4) is 0 Å². The minimum absolute atomic E-state index is 0.634. The predicted octanol–water partition coefficient (Wildman–Crippen LogP) is 1.75. The van der Waals surface area contributed by atoms with Crippen LogP contribution in [0.4, 0.5) is 0 Å². The summed E-state index contributed by atoms with van der Waals surface area (Å²) in [6, 6.07) is 0. The van der Waals surface area contributed by atoms with Crippen LogP contribution in [-0.2, 0) is 4.74 Å². The highest BCUT2D eigenvalue weighted by atomic mass is 16.5. The van der Waals surface area contributed by atoms with E-state index in [1.807, 2.05) is 0 Å². The SMILES string of the molecule is CC(CCCN)COCC(C)CCCN. The molecule has 0 aliphatic carbocycles. The summed E-state index contributed by atoms with van der Waals surface area (Å²) in [5.41, 5.74) is 10.9. The molecule has 0 aromatic rings. The van der Waals surface area contributed by atoms with Crippen molar-refractivity contribution in [3.05, 3.63) is 0 Å². The molecule has 0 aromatic heterocycles. The molecule has 0 radical (unpaired) electrons. The second-order valence-electron chi connectivity index (χ2n) is 4.61. The molecule has 0 spiro atoms. The fourth-order valence-electron chi connectivity index (χ4n) is 1.57. The number of rotatable bonds is 10. The molecule has 15 heavy (non-hydrogen) atoms. The molecule has 0 rings (SSSR count). The van der Waals surface area contributed by atoms with E-state index in [-0.39, 0.29) is 0 Å². The van der Waals surface area contributed by atoms with Crippen molar-refractivity contribution < 1.29 is 4.74 Å². The Balaban J connectivity index is 3.27. The lowest BCUT2D eigenvalue weighted by molar-refractivity contribution is 0.0748. The van der Waals surface area contributed by atoms with Crippen LogP contribution >= 0.6 is 0 Å². The van der Waals surface area contributed by atoms with Crippen molar-refractivity contribution in [2.45, 2.75) is 39.5 Å². The van der Waals surface area contributed by atoms with Crippen LogP contribution in [0.1, 0.15) is 39.5 Å².